The van der Waals surface area contributed by atoms with Crippen molar-refractivity contribution >= 4 is 17.7 Å². The molecule has 0 spiro atoms. The van der Waals surface area contributed by atoms with Crippen molar-refractivity contribution in [3.63, 3.8) is 0 Å². The predicted octanol–water partition coefficient (Wildman–Crippen LogP) is 4.40. The van der Waals surface area contributed by atoms with E-state index in [1.807, 2.05) is 31.2 Å². The van der Waals surface area contributed by atoms with E-state index in [-0.39, 0.29) is 5.70 Å². The van der Waals surface area contributed by atoms with Crippen LogP contribution in [-0.2, 0) is 0 Å². The molecule has 106 valence electrons. The van der Waals surface area contributed by atoms with Gasteiger partial charge in [0.05, 0.1) is 4.92 Å². The number of aryl methyl sites for hydroxylation is 1. The Balaban J connectivity index is 2.08. The first-order valence-electron chi connectivity index (χ1n) is 6.43. The minimum atomic E-state index is -0.714. The molecule has 0 radical (unpaired) electrons. The Bertz CT molecular complexity index is 738. The Hall–Kier alpha value is -2.33. The largest absolute Gasteiger partial charge is 0.474 e. The average Bonchev–Trinajstić information content (AvgIpc) is 2.46. The second-order valence-electron chi connectivity index (χ2n) is 4.92. The van der Waals surface area contributed by atoms with Gasteiger partial charge in [0, 0.05) is 22.2 Å². The van der Waals surface area contributed by atoms with Gasteiger partial charge < -0.3 is 4.74 Å². The van der Waals surface area contributed by atoms with Crippen LogP contribution in [0.15, 0.2) is 48.2 Å². The molecule has 0 bridgehead atoms. The quantitative estimate of drug-likeness (QED) is 0.610. The van der Waals surface area contributed by atoms with Gasteiger partial charge in [-0.05, 0) is 25.1 Å². The highest BCUT2D eigenvalue weighted by Crippen LogP contribution is 2.38. The fraction of sp³-hybridized carbons (Fsp3) is 0.125. The number of hydrogen-bond donors (Lipinski definition) is 0. The van der Waals surface area contributed by atoms with Crippen LogP contribution in [-0.4, -0.2) is 4.92 Å². The maximum atomic E-state index is 11.3. The summed E-state index contributed by atoms with van der Waals surface area (Å²) in [7, 11) is 0. The van der Waals surface area contributed by atoms with Crippen molar-refractivity contribution in [3.05, 3.63) is 80.0 Å². The van der Waals surface area contributed by atoms with E-state index in [4.69, 9.17) is 16.3 Å². The van der Waals surface area contributed by atoms with Crippen molar-refractivity contribution in [1.29, 1.82) is 0 Å². The molecule has 0 fully saturated rings. The number of fused-ring (bicyclic) bond motifs is 1. The van der Waals surface area contributed by atoms with Gasteiger partial charge in [-0.15, -0.1) is 0 Å². The zero-order valence-electron chi connectivity index (χ0n) is 11.2. The third kappa shape index (κ3) is 2.62. The van der Waals surface area contributed by atoms with E-state index in [0.29, 0.717) is 16.3 Å². The van der Waals surface area contributed by atoms with Crippen molar-refractivity contribution in [3.8, 4) is 5.75 Å². The van der Waals surface area contributed by atoms with Gasteiger partial charge in [0.25, 0.3) is 5.70 Å². The van der Waals surface area contributed by atoms with Gasteiger partial charge >= 0.3 is 0 Å². The lowest BCUT2D eigenvalue weighted by Crippen LogP contribution is -2.19. The molecule has 4 nitrogen and oxygen atoms in total. The first-order valence-corrected chi connectivity index (χ1v) is 6.81. The van der Waals surface area contributed by atoms with E-state index in [1.54, 1.807) is 18.2 Å². The number of benzene rings is 2. The monoisotopic (exact) mass is 301 g/mol. The van der Waals surface area contributed by atoms with Crippen LogP contribution >= 0.6 is 11.6 Å². The van der Waals surface area contributed by atoms with Crippen LogP contribution in [0.3, 0.4) is 0 Å². The lowest BCUT2D eigenvalue weighted by molar-refractivity contribution is -0.434. The highest BCUT2D eigenvalue weighted by Gasteiger charge is 2.33. The molecule has 21 heavy (non-hydrogen) atoms. The number of hydrogen-bond acceptors (Lipinski definition) is 3. The summed E-state index contributed by atoms with van der Waals surface area (Å²) in [4.78, 5) is 10.9. The molecule has 2 aromatic rings. The molecule has 0 saturated carbocycles. The van der Waals surface area contributed by atoms with Crippen LogP contribution in [0.2, 0.25) is 5.02 Å². The lowest BCUT2D eigenvalue weighted by atomic mass is 10.0. The fourth-order valence-corrected chi connectivity index (χ4v) is 2.47. The molecule has 0 aliphatic carbocycles. The number of rotatable bonds is 2. The van der Waals surface area contributed by atoms with Gasteiger partial charge in [0.15, 0.2) is 0 Å². The molecule has 2 aromatic carbocycles. The van der Waals surface area contributed by atoms with Gasteiger partial charge in [-0.2, -0.15) is 0 Å². The molecule has 0 aromatic heterocycles. The first-order chi connectivity index (χ1) is 10.0. The third-order valence-corrected chi connectivity index (χ3v) is 3.61. The van der Waals surface area contributed by atoms with Crippen molar-refractivity contribution in [1.82, 2.24) is 0 Å². The van der Waals surface area contributed by atoms with Crippen molar-refractivity contribution in [2.45, 2.75) is 13.0 Å². The summed E-state index contributed by atoms with van der Waals surface area (Å²) in [6, 6.07) is 12.6. The Morgan fingerprint density at radius 1 is 1.19 bits per heavy atom. The van der Waals surface area contributed by atoms with E-state index in [1.165, 1.54) is 6.08 Å². The van der Waals surface area contributed by atoms with E-state index in [0.717, 1.165) is 11.1 Å². The molecule has 5 heteroatoms. The molecule has 3 rings (SSSR count). The van der Waals surface area contributed by atoms with Gasteiger partial charge in [-0.1, -0.05) is 41.4 Å². The molecule has 1 unspecified atom stereocenters. The van der Waals surface area contributed by atoms with Crippen LogP contribution in [0.1, 0.15) is 22.8 Å². The number of nitrogens with zero attached hydrogens (tertiary/aromatic N) is 1. The molecule has 0 amide bonds. The summed E-state index contributed by atoms with van der Waals surface area (Å²) in [5.74, 6) is 0.593. The number of halogens is 1. The third-order valence-electron chi connectivity index (χ3n) is 3.38. The van der Waals surface area contributed by atoms with Crippen LogP contribution in [0, 0.1) is 17.0 Å². The topological polar surface area (TPSA) is 52.4 Å². The molecule has 1 atom stereocenters. The highest BCUT2D eigenvalue weighted by molar-refractivity contribution is 6.30. The summed E-state index contributed by atoms with van der Waals surface area (Å²) in [6.45, 7) is 1.97. The lowest BCUT2D eigenvalue weighted by Gasteiger charge is -2.22. The van der Waals surface area contributed by atoms with E-state index in [2.05, 4.69) is 0 Å². The average molecular weight is 302 g/mol. The first kappa shape index (κ1) is 13.6. The molecular formula is C16H12ClNO3. The van der Waals surface area contributed by atoms with E-state index >= 15 is 0 Å². The zero-order chi connectivity index (χ0) is 15.0. The second-order valence-corrected chi connectivity index (χ2v) is 5.35. The van der Waals surface area contributed by atoms with Crippen LogP contribution in [0.4, 0.5) is 0 Å². The number of nitro groups is 1. The zero-order valence-corrected chi connectivity index (χ0v) is 12.0. The maximum absolute atomic E-state index is 11.3. The summed E-state index contributed by atoms with van der Waals surface area (Å²) >= 11 is 5.92. The van der Waals surface area contributed by atoms with Gasteiger partial charge in [0.1, 0.15) is 5.75 Å². The summed E-state index contributed by atoms with van der Waals surface area (Å²) in [5, 5.41) is 11.8. The van der Waals surface area contributed by atoms with Crippen LogP contribution in [0.25, 0.3) is 6.08 Å². The van der Waals surface area contributed by atoms with Crippen molar-refractivity contribution < 1.29 is 9.66 Å². The summed E-state index contributed by atoms with van der Waals surface area (Å²) < 4.78 is 5.82. The van der Waals surface area contributed by atoms with Crippen LogP contribution < -0.4 is 4.74 Å². The molecule has 1 aliphatic rings. The molecular weight excluding hydrogens is 290 g/mol. The van der Waals surface area contributed by atoms with Crippen molar-refractivity contribution in [2.24, 2.45) is 0 Å². The predicted molar refractivity (Wildman–Crippen MR) is 81.0 cm³/mol. The normalized spacial score (nSPS) is 16.7. The van der Waals surface area contributed by atoms with Gasteiger partial charge in [-0.3, -0.25) is 10.1 Å². The Morgan fingerprint density at radius 3 is 2.57 bits per heavy atom. The number of ether oxygens (including phenoxy) is 1. The fourth-order valence-electron chi connectivity index (χ4n) is 2.29. The summed E-state index contributed by atoms with van der Waals surface area (Å²) in [6.07, 6.45) is 0.809. The molecule has 1 aliphatic heterocycles. The Morgan fingerprint density at radius 2 is 1.90 bits per heavy atom. The SMILES string of the molecule is Cc1ccc(C2Oc3ccc(Cl)cc3C=C2[N+](=O)[O-])cc1. The van der Waals surface area contributed by atoms with Crippen molar-refractivity contribution in [2.75, 3.05) is 0 Å². The molecule has 1 heterocycles. The summed E-state index contributed by atoms with van der Waals surface area (Å²) in [5.41, 5.74) is 2.48. The van der Waals surface area contributed by atoms with Gasteiger partial charge in [-0.25, -0.2) is 0 Å². The standard InChI is InChI=1S/C16H12ClNO3/c1-10-2-4-11(5-3-10)16-14(18(19)20)9-12-8-13(17)6-7-15(12)21-16/h2-9,16H,1H3. The molecule has 0 saturated heterocycles. The minimum Gasteiger partial charge on any atom is -0.474 e. The minimum absolute atomic E-state index is 0.00798. The van der Waals surface area contributed by atoms with E-state index in [9.17, 15) is 10.1 Å². The van der Waals surface area contributed by atoms with E-state index < -0.39 is 11.0 Å². The van der Waals surface area contributed by atoms with Crippen LogP contribution in [0.5, 0.6) is 5.75 Å². The smallest absolute Gasteiger partial charge is 0.291 e. The second kappa shape index (κ2) is 5.22. The Labute approximate surface area is 126 Å². The molecule has 0 N–H and O–H groups in total. The Kier molecular flexibility index (Phi) is 3.39. The maximum Gasteiger partial charge on any atom is 0.291 e. The van der Waals surface area contributed by atoms with Gasteiger partial charge in [0.2, 0.25) is 6.10 Å². The highest BCUT2D eigenvalue weighted by atomic mass is 35.5.